The summed E-state index contributed by atoms with van der Waals surface area (Å²) in [5.74, 6) is -0.0459. The van der Waals surface area contributed by atoms with Gasteiger partial charge in [0.15, 0.2) is 0 Å². The fourth-order valence-corrected chi connectivity index (χ4v) is 4.76. The van der Waals surface area contributed by atoms with Crippen LogP contribution in [0.4, 0.5) is 0 Å². The summed E-state index contributed by atoms with van der Waals surface area (Å²) >= 11 is 0. The number of carbonyl (C=O) groups excluding carboxylic acids is 1. The summed E-state index contributed by atoms with van der Waals surface area (Å²) in [6.45, 7) is 4.20. The molecule has 4 heteroatoms. The van der Waals surface area contributed by atoms with Crippen molar-refractivity contribution in [1.29, 1.82) is 0 Å². The second-order valence-electron chi connectivity index (χ2n) is 10.9. The molecule has 36 heavy (non-hydrogen) atoms. The predicted octanol–water partition coefficient (Wildman–Crippen LogP) is 8.78. The Morgan fingerprint density at radius 1 is 0.639 bits per heavy atom. The molecular formula is C32H63NO3. The average molecular weight is 510 g/mol. The summed E-state index contributed by atoms with van der Waals surface area (Å²) in [5.41, 5.74) is 0. The van der Waals surface area contributed by atoms with Crippen molar-refractivity contribution in [3.63, 3.8) is 0 Å². The molecule has 0 radical (unpaired) electrons. The summed E-state index contributed by atoms with van der Waals surface area (Å²) < 4.78 is 0. The Morgan fingerprint density at radius 2 is 1.06 bits per heavy atom. The van der Waals surface area contributed by atoms with Crippen LogP contribution in [-0.4, -0.2) is 34.9 Å². The number of aliphatic hydroxyl groups is 2. The number of allylic oxidation sites excluding steroid dienone is 2. The summed E-state index contributed by atoms with van der Waals surface area (Å²) in [6.07, 6.45) is 33.2. The summed E-state index contributed by atoms with van der Waals surface area (Å²) in [5, 5.41) is 22.4. The van der Waals surface area contributed by atoms with E-state index >= 15 is 0 Å². The van der Waals surface area contributed by atoms with Crippen LogP contribution in [0, 0.1) is 0 Å². The number of rotatable bonds is 28. The Morgan fingerprint density at radius 3 is 1.53 bits per heavy atom. The van der Waals surface area contributed by atoms with E-state index in [1.165, 1.54) is 109 Å². The quantitative estimate of drug-likeness (QED) is 0.0729. The molecule has 0 aliphatic heterocycles. The van der Waals surface area contributed by atoms with Crippen molar-refractivity contribution < 1.29 is 15.0 Å². The molecular weight excluding hydrogens is 446 g/mol. The lowest BCUT2D eigenvalue weighted by Gasteiger charge is -2.22. The van der Waals surface area contributed by atoms with Gasteiger partial charge < -0.3 is 15.5 Å². The molecule has 0 spiro atoms. The zero-order chi connectivity index (χ0) is 26.5. The van der Waals surface area contributed by atoms with E-state index in [4.69, 9.17) is 0 Å². The van der Waals surface area contributed by atoms with Gasteiger partial charge in [0.1, 0.15) is 0 Å². The van der Waals surface area contributed by atoms with Crippen molar-refractivity contribution in [3.8, 4) is 0 Å². The lowest BCUT2D eigenvalue weighted by molar-refractivity contribution is -0.123. The molecule has 0 aromatic rings. The normalized spacial score (nSPS) is 13.3. The van der Waals surface area contributed by atoms with Gasteiger partial charge in [-0.3, -0.25) is 4.79 Å². The monoisotopic (exact) mass is 509 g/mol. The van der Waals surface area contributed by atoms with Crippen molar-refractivity contribution in [3.05, 3.63) is 12.2 Å². The van der Waals surface area contributed by atoms with Crippen molar-refractivity contribution >= 4 is 5.91 Å². The van der Waals surface area contributed by atoms with E-state index in [-0.39, 0.29) is 12.5 Å². The second-order valence-corrected chi connectivity index (χ2v) is 10.9. The molecule has 1 amide bonds. The minimum Gasteiger partial charge on any atom is -0.394 e. The smallest absolute Gasteiger partial charge is 0.220 e. The number of carbonyl (C=O) groups is 1. The third kappa shape index (κ3) is 24.8. The van der Waals surface area contributed by atoms with Crippen LogP contribution in [0.15, 0.2) is 12.2 Å². The minimum absolute atomic E-state index is 0.0459. The van der Waals surface area contributed by atoms with Gasteiger partial charge in [-0.15, -0.1) is 0 Å². The Kier molecular flexibility index (Phi) is 28.0. The van der Waals surface area contributed by atoms with Crippen LogP contribution >= 0.6 is 0 Å². The van der Waals surface area contributed by atoms with Crippen molar-refractivity contribution in [2.75, 3.05) is 6.61 Å². The second kappa shape index (κ2) is 28.7. The zero-order valence-electron chi connectivity index (χ0n) is 24.3. The fourth-order valence-electron chi connectivity index (χ4n) is 4.76. The first kappa shape index (κ1) is 35.1. The maximum Gasteiger partial charge on any atom is 0.220 e. The molecule has 3 N–H and O–H groups in total. The van der Waals surface area contributed by atoms with Gasteiger partial charge in [0.25, 0.3) is 0 Å². The largest absolute Gasteiger partial charge is 0.394 e. The Hall–Kier alpha value is -0.870. The molecule has 0 aliphatic carbocycles. The molecule has 214 valence electrons. The molecule has 0 aromatic heterocycles. The van der Waals surface area contributed by atoms with E-state index in [1.807, 2.05) is 0 Å². The maximum atomic E-state index is 12.1. The highest BCUT2D eigenvalue weighted by atomic mass is 16.3. The number of nitrogens with one attached hydrogen (secondary N) is 1. The van der Waals surface area contributed by atoms with Gasteiger partial charge in [0.05, 0.1) is 18.8 Å². The van der Waals surface area contributed by atoms with Gasteiger partial charge in [-0.25, -0.2) is 0 Å². The van der Waals surface area contributed by atoms with Gasteiger partial charge in [-0.2, -0.15) is 0 Å². The van der Waals surface area contributed by atoms with Crippen LogP contribution < -0.4 is 5.32 Å². The molecule has 0 heterocycles. The average Bonchev–Trinajstić information content (AvgIpc) is 2.88. The van der Waals surface area contributed by atoms with Crippen LogP contribution in [-0.2, 0) is 4.79 Å². The van der Waals surface area contributed by atoms with Crippen molar-refractivity contribution in [2.24, 2.45) is 0 Å². The van der Waals surface area contributed by atoms with Crippen LogP contribution in [0.3, 0.4) is 0 Å². The third-order valence-electron chi connectivity index (χ3n) is 7.28. The first-order valence-electron chi connectivity index (χ1n) is 15.9. The third-order valence-corrected chi connectivity index (χ3v) is 7.28. The Labute approximate surface area is 225 Å². The summed E-state index contributed by atoms with van der Waals surface area (Å²) in [7, 11) is 0. The molecule has 0 saturated heterocycles. The van der Waals surface area contributed by atoms with Crippen LogP contribution in [0.1, 0.15) is 168 Å². The topological polar surface area (TPSA) is 69.6 Å². The van der Waals surface area contributed by atoms with E-state index in [2.05, 4.69) is 31.3 Å². The molecule has 0 fully saturated rings. The van der Waals surface area contributed by atoms with Crippen molar-refractivity contribution in [1.82, 2.24) is 5.32 Å². The minimum atomic E-state index is -0.652. The maximum absolute atomic E-state index is 12.1. The van der Waals surface area contributed by atoms with E-state index in [1.54, 1.807) is 0 Å². The van der Waals surface area contributed by atoms with Gasteiger partial charge in [0.2, 0.25) is 5.91 Å². The van der Waals surface area contributed by atoms with E-state index in [9.17, 15) is 15.0 Å². The number of unbranched alkanes of at least 4 members (excludes halogenated alkanes) is 19. The molecule has 2 unspecified atom stereocenters. The highest BCUT2D eigenvalue weighted by Crippen LogP contribution is 2.13. The van der Waals surface area contributed by atoms with Gasteiger partial charge >= 0.3 is 0 Å². The number of aliphatic hydroxyl groups excluding tert-OH is 2. The molecule has 0 aromatic carbocycles. The first-order valence-corrected chi connectivity index (χ1v) is 15.9. The summed E-state index contributed by atoms with van der Waals surface area (Å²) in [6, 6.07) is -0.528. The van der Waals surface area contributed by atoms with E-state index in [0.717, 1.165) is 32.1 Å². The Balaban J connectivity index is 3.40. The zero-order valence-corrected chi connectivity index (χ0v) is 24.3. The van der Waals surface area contributed by atoms with Gasteiger partial charge in [0, 0.05) is 6.42 Å². The van der Waals surface area contributed by atoms with Crippen LogP contribution in [0.5, 0.6) is 0 Å². The van der Waals surface area contributed by atoms with Crippen LogP contribution in [0.2, 0.25) is 0 Å². The number of amides is 1. The molecule has 0 bridgehead atoms. The standard InChI is InChI=1S/C32H63NO3/c1-3-5-7-8-9-10-11-12-13-14-15-16-17-18-19-20-21-22-23-24-26-28-32(36)33-30(29-34)31(35)27-25-6-4-2/h14-15,30-31,34-35H,3-13,16-29H2,1-2H3,(H,33,36)/b15-14-. The number of hydrogen-bond donors (Lipinski definition) is 3. The molecule has 0 saturated carbocycles. The highest BCUT2D eigenvalue weighted by Gasteiger charge is 2.19. The predicted molar refractivity (Wildman–Crippen MR) is 156 cm³/mol. The SMILES string of the molecule is CCCCCCCCCC/C=C\CCCCCCCCCCCC(=O)NC(CO)C(O)CCCCC. The fraction of sp³-hybridized carbons (Fsp3) is 0.906. The van der Waals surface area contributed by atoms with E-state index in [0.29, 0.717) is 12.8 Å². The summed E-state index contributed by atoms with van der Waals surface area (Å²) in [4.78, 5) is 12.1. The highest BCUT2D eigenvalue weighted by molar-refractivity contribution is 5.76. The molecule has 0 rings (SSSR count). The molecule has 2 atom stereocenters. The van der Waals surface area contributed by atoms with E-state index < -0.39 is 12.1 Å². The lowest BCUT2D eigenvalue weighted by atomic mass is 10.0. The first-order chi connectivity index (χ1) is 17.7. The van der Waals surface area contributed by atoms with Crippen molar-refractivity contribution in [2.45, 2.75) is 180 Å². The molecule has 0 aliphatic rings. The van der Waals surface area contributed by atoms with Crippen LogP contribution in [0.25, 0.3) is 0 Å². The number of hydrogen-bond acceptors (Lipinski definition) is 3. The van der Waals surface area contributed by atoms with Gasteiger partial charge in [-0.1, -0.05) is 135 Å². The Bertz CT molecular complexity index is 480. The van der Waals surface area contributed by atoms with Gasteiger partial charge in [-0.05, 0) is 38.5 Å². The lowest BCUT2D eigenvalue weighted by Crippen LogP contribution is -2.45. The molecule has 4 nitrogen and oxygen atoms in total.